The summed E-state index contributed by atoms with van der Waals surface area (Å²) >= 11 is 3.46. The number of nitro groups is 1. The summed E-state index contributed by atoms with van der Waals surface area (Å²) in [6.07, 6.45) is 1.03. The third kappa shape index (κ3) is 5.26. The van der Waals surface area contributed by atoms with Crippen molar-refractivity contribution in [3.05, 3.63) is 91.2 Å². The van der Waals surface area contributed by atoms with E-state index in [2.05, 4.69) is 26.0 Å². The Bertz CT molecular complexity index is 1810. The highest BCUT2D eigenvalue weighted by molar-refractivity contribution is 9.10. The van der Waals surface area contributed by atoms with Crippen molar-refractivity contribution >= 4 is 49.7 Å². The molecule has 0 amide bonds. The summed E-state index contributed by atoms with van der Waals surface area (Å²) in [6.45, 7) is 5.58. The number of rotatable bonds is 8. The quantitative estimate of drug-likeness (QED) is 0.114. The van der Waals surface area contributed by atoms with Crippen LogP contribution in [0, 0.1) is 10.1 Å². The van der Waals surface area contributed by atoms with Crippen molar-refractivity contribution in [1.29, 1.82) is 0 Å². The van der Waals surface area contributed by atoms with E-state index in [1.165, 1.54) is 12.3 Å². The van der Waals surface area contributed by atoms with Gasteiger partial charge in [0.2, 0.25) is 11.6 Å². The maximum atomic E-state index is 13.5. The summed E-state index contributed by atoms with van der Waals surface area (Å²) in [5, 5.41) is 17.5. The Kier molecular flexibility index (Phi) is 7.16. The smallest absolute Gasteiger partial charge is 0.315 e. The molecule has 0 radical (unpaired) electrons. The molecule has 0 saturated heterocycles. The molecule has 2 heterocycles. The number of para-hydroxylation sites is 1. The minimum atomic E-state index is -0.542. The fourth-order valence-corrected chi connectivity index (χ4v) is 4.45. The molecule has 11 heteroatoms. The lowest BCUT2D eigenvalue weighted by atomic mass is 10.1. The lowest BCUT2D eigenvalue weighted by molar-refractivity contribution is -0.386. The minimum absolute atomic E-state index is 0.0349. The van der Waals surface area contributed by atoms with Gasteiger partial charge in [0.15, 0.2) is 11.5 Å². The second-order valence-corrected chi connectivity index (χ2v) is 9.75. The molecule has 2 aromatic heterocycles. The minimum Gasteiger partial charge on any atom is -0.490 e. The van der Waals surface area contributed by atoms with E-state index in [1.807, 2.05) is 18.2 Å². The molecule has 0 aliphatic rings. The highest BCUT2D eigenvalue weighted by Gasteiger charge is 2.24. The number of halogens is 1. The topological polar surface area (TPSA) is 122 Å². The van der Waals surface area contributed by atoms with Crippen LogP contribution in [0.2, 0.25) is 0 Å². The first-order chi connectivity index (χ1) is 18.7. The molecule has 0 unspecified atom stereocenters. The average Bonchev–Trinajstić information content (AvgIpc) is 3.32. The third-order valence-electron chi connectivity index (χ3n) is 5.68. The Morgan fingerprint density at radius 2 is 1.97 bits per heavy atom. The highest BCUT2D eigenvalue weighted by atomic mass is 79.9. The molecule has 0 atom stereocenters. The molecule has 0 bridgehead atoms. The summed E-state index contributed by atoms with van der Waals surface area (Å²) in [7, 11) is 0. The van der Waals surface area contributed by atoms with Gasteiger partial charge in [-0.3, -0.25) is 14.9 Å². The Morgan fingerprint density at radius 1 is 1.18 bits per heavy atom. The third-order valence-corrected chi connectivity index (χ3v) is 6.18. The SMILES string of the molecule is CCOc1cc(C=Nn2c(-c3cc4cc(Br)ccc4o3)nc3ccccc3c2=O)cc([N+](=O)[O-])c1OC(C)C. The van der Waals surface area contributed by atoms with Gasteiger partial charge in [-0.2, -0.15) is 9.78 Å². The van der Waals surface area contributed by atoms with Gasteiger partial charge < -0.3 is 13.9 Å². The zero-order valence-electron chi connectivity index (χ0n) is 21.3. The van der Waals surface area contributed by atoms with Gasteiger partial charge in [-0.25, -0.2) is 4.98 Å². The molecule has 0 spiro atoms. The van der Waals surface area contributed by atoms with Crippen molar-refractivity contribution < 1.29 is 18.8 Å². The van der Waals surface area contributed by atoms with Crippen molar-refractivity contribution in [2.24, 2.45) is 5.10 Å². The molecule has 0 N–H and O–H groups in total. The molecule has 0 saturated carbocycles. The van der Waals surface area contributed by atoms with Crippen LogP contribution in [0.1, 0.15) is 26.3 Å². The number of benzene rings is 3. The van der Waals surface area contributed by atoms with Crippen LogP contribution < -0.4 is 15.0 Å². The summed E-state index contributed by atoms with van der Waals surface area (Å²) < 4.78 is 19.4. The summed E-state index contributed by atoms with van der Waals surface area (Å²) in [4.78, 5) is 29.5. The van der Waals surface area contributed by atoms with Crippen LogP contribution in [0.15, 0.2) is 79.4 Å². The van der Waals surface area contributed by atoms with E-state index in [0.717, 1.165) is 14.5 Å². The fraction of sp³-hybridized carbons (Fsp3) is 0.179. The Balaban J connectivity index is 1.69. The normalized spacial score (nSPS) is 11.6. The van der Waals surface area contributed by atoms with Crippen molar-refractivity contribution in [2.45, 2.75) is 26.9 Å². The monoisotopic (exact) mass is 590 g/mol. The van der Waals surface area contributed by atoms with Crippen molar-refractivity contribution in [3.63, 3.8) is 0 Å². The summed E-state index contributed by atoms with van der Waals surface area (Å²) in [5.41, 5.74) is 0.732. The maximum Gasteiger partial charge on any atom is 0.315 e. The molecule has 5 aromatic rings. The van der Waals surface area contributed by atoms with Gasteiger partial charge in [0.1, 0.15) is 5.58 Å². The molecule has 3 aromatic carbocycles. The number of nitrogens with zero attached hydrogens (tertiary/aromatic N) is 4. The standard InChI is InChI=1S/C28H23BrN4O6/c1-4-37-24-12-17(11-22(33(35)36)26(24)38-16(2)3)15-30-32-27(31-21-8-6-5-7-20(21)28(32)34)25-14-18-13-19(29)9-10-23(18)39-25/h5-16H,4H2,1-3H3. The van der Waals surface area contributed by atoms with E-state index in [9.17, 15) is 14.9 Å². The van der Waals surface area contributed by atoms with Crippen LogP contribution in [-0.4, -0.2) is 33.5 Å². The Morgan fingerprint density at radius 3 is 2.72 bits per heavy atom. The largest absolute Gasteiger partial charge is 0.490 e. The molecule has 5 rings (SSSR count). The fourth-order valence-electron chi connectivity index (χ4n) is 4.07. The summed E-state index contributed by atoms with van der Waals surface area (Å²) in [6, 6.07) is 17.2. The van der Waals surface area contributed by atoms with Crippen LogP contribution in [0.4, 0.5) is 5.69 Å². The van der Waals surface area contributed by atoms with E-state index < -0.39 is 10.5 Å². The predicted octanol–water partition coefficient (Wildman–Crippen LogP) is 6.55. The maximum absolute atomic E-state index is 13.5. The van der Waals surface area contributed by atoms with Crippen LogP contribution in [0.3, 0.4) is 0 Å². The van der Waals surface area contributed by atoms with E-state index in [4.69, 9.17) is 13.9 Å². The first-order valence-corrected chi connectivity index (χ1v) is 12.9. The number of furan rings is 1. The molecule has 0 fully saturated rings. The number of fused-ring (bicyclic) bond motifs is 2. The average molecular weight is 591 g/mol. The van der Waals surface area contributed by atoms with Gasteiger partial charge in [0.25, 0.3) is 5.56 Å². The van der Waals surface area contributed by atoms with Crippen LogP contribution in [-0.2, 0) is 0 Å². The van der Waals surface area contributed by atoms with Crippen LogP contribution >= 0.6 is 15.9 Å². The number of nitro benzene ring substituents is 1. The molecule has 0 aliphatic carbocycles. The van der Waals surface area contributed by atoms with Gasteiger partial charge in [-0.1, -0.05) is 28.1 Å². The van der Waals surface area contributed by atoms with Gasteiger partial charge in [-0.15, -0.1) is 0 Å². The van der Waals surface area contributed by atoms with Gasteiger partial charge in [-0.05, 0) is 63.2 Å². The van der Waals surface area contributed by atoms with E-state index >= 15 is 0 Å². The van der Waals surface area contributed by atoms with Crippen molar-refractivity contribution in [1.82, 2.24) is 9.66 Å². The molecule has 10 nitrogen and oxygen atoms in total. The Labute approximate surface area is 230 Å². The lowest BCUT2D eigenvalue weighted by Crippen LogP contribution is -2.20. The van der Waals surface area contributed by atoms with Crippen molar-refractivity contribution in [2.75, 3.05) is 6.61 Å². The van der Waals surface area contributed by atoms with E-state index in [-0.39, 0.29) is 35.7 Å². The van der Waals surface area contributed by atoms with Crippen LogP contribution in [0.25, 0.3) is 33.5 Å². The lowest BCUT2D eigenvalue weighted by Gasteiger charge is -2.15. The van der Waals surface area contributed by atoms with Crippen LogP contribution in [0.5, 0.6) is 11.5 Å². The molecular weight excluding hydrogens is 568 g/mol. The second-order valence-electron chi connectivity index (χ2n) is 8.83. The molecule has 0 aliphatic heterocycles. The first-order valence-electron chi connectivity index (χ1n) is 12.1. The number of hydrogen-bond donors (Lipinski definition) is 0. The van der Waals surface area contributed by atoms with E-state index in [1.54, 1.807) is 57.2 Å². The molecular formula is C28H23BrN4O6. The zero-order chi connectivity index (χ0) is 27.7. The zero-order valence-corrected chi connectivity index (χ0v) is 22.8. The predicted molar refractivity (Wildman–Crippen MR) is 152 cm³/mol. The van der Waals surface area contributed by atoms with Gasteiger partial charge in [0.05, 0.1) is 34.8 Å². The number of aromatic nitrogens is 2. The summed E-state index contributed by atoms with van der Waals surface area (Å²) in [5.74, 6) is 0.757. The molecule has 39 heavy (non-hydrogen) atoms. The number of hydrogen-bond acceptors (Lipinski definition) is 8. The highest BCUT2D eigenvalue weighted by Crippen LogP contribution is 2.39. The van der Waals surface area contributed by atoms with Crippen molar-refractivity contribution in [3.8, 4) is 23.1 Å². The first kappa shape index (κ1) is 26.1. The van der Waals surface area contributed by atoms with Gasteiger partial charge >= 0.3 is 5.69 Å². The van der Waals surface area contributed by atoms with E-state index in [0.29, 0.717) is 27.8 Å². The van der Waals surface area contributed by atoms with Gasteiger partial charge in [0, 0.05) is 21.5 Å². The molecule has 198 valence electrons. The second kappa shape index (κ2) is 10.7. The number of ether oxygens (including phenoxy) is 2. The Hall–Kier alpha value is -4.51.